The summed E-state index contributed by atoms with van der Waals surface area (Å²) in [5, 5.41) is 6.24. The summed E-state index contributed by atoms with van der Waals surface area (Å²) in [4.78, 5) is 16.3. The molecule has 5 nitrogen and oxygen atoms in total. The van der Waals surface area contributed by atoms with E-state index in [4.69, 9.17) is 16.3 Å². The Morgan fingerprint density at radius 1 is 1.45 bits per heavy atom. The lowest BCUT2D eigenvalue weighted by Gasteiger charge is -2.13. The maximum atomic E-state index is 12.1. The Balaban J connectivity index is 2.66. The Morgan fingerprint density at radius 2 is 2.20 bits per heavy atom. The molecule has 0 fully saturated rings. The Labute approximate surface area is 125 Å². The molecule has 0 saturated heterocycles. The van der Waals surface area contributed by atoms with Crippen molar-refractivity contribution in [3.8, 4) is 0 Å². The number of aromatic nitrogens is 1. The number of anilines is 1. The molecule has 0 spiro atoms. The van der Waals surface area contributed by atoms with Gasteiger partial charge in [-0.05, 0) is 32.4 Å². The monoisotopic (exact) mass is 299 g/mol. The maximum Gasteiger partial charge on any atom is 0.271 e. The van der Waals surface area contributed by atoms with Gasteiger partial charge in [-0.15, -0.1) is 0 Å². The first-order valence-electron chi connectivity index (χ1n) is 6.88. The van der Waals surface area contributed by atoms with Crippen molar-refractivity contribution in [3.63, 3.8) is 0 Å². The molecule has 0 bridgehead atoms. The standard InChI is InChI=1S/C14H22ClN3O2/c1-4-8-16-12-7-6-11(15)13(18-12)14(19)17-9-10(3)20-5-2/h6-7,10H,4-5,8-9H2,1-3H3,(H,16,18)(H,17,19). The number of carbonyl (C=O) groups is 1. The zero-order chi connectivity index (χ0) is 15.0. The number of ether oxygens (including phenoxy) is 1. The van der Waals surface area contributed by atoms with Crippen LogP contribution in [0.2, 0.25) is 5.02 Å². The fraction of sp³-hybridized carbons (Fsp3) is 0.571. The van der Waals surface area contributed by atoms with Crippen LogP contribution in [-0.4, -0.2) is 36.7 Å². The lowest BCUT2D eigenvalue weighted by Crippen LogP contribution is -2.32. The zero-order valence-corrected chi connectivity index (χ0v) is 13.0. The summed E-state index contributed by atoms with van der Waals surface area (Å²) in [6.45, 7) is 7.73. The van der Waals surface area contributed by atoms with E-state index in [1.165, 1.54) is 0 Å². The predicted octanol–water partition coefficient (Wildman–Crippen LogP) is 2.71. The van der Waals surface area contributed by atoms with Gasteiger partial charge in [0, 0.05) is 19.7 Å². The summed E-state index contributed by atoms with van der Waals surface area (Å²) in [7, 11) is 0. The van der Waals surface area contributed by atoms with Crippen molar-refractivity contribution in [2.24, 2.45) is 0 Å². The third-order valence-corrected chi connectivity index (χ3v) is 2.92. The van der Waals surface area contributed by atoms with Gasteiger partial charge in [0.25, 0.3) is 5.91 Å². The molecule has 1 amide bonds. The number of nitrogens with zero attached hydrogens (tertiary/aromatic N) is 1. The van der Waals surface area contributed by atoms with Gasteiger partial charge >= 0.3 is 0 Å². The van der Waals surface area contributed by atoms with E-state index < -0.39 is 0 Å². The molecule has 1 atom stereocenters. The number of hydrogen-bond donors (Lipinski definition) is 2. The van der Waals surface area contributed by atoms with Crippen molar-refractivity contribution in [1.82, 2.24) is 10.3 Å². The third kappa shape index (κ3) is 5.35. The van der Waals surface area contributed by atoms with E-state index in [2.05, 4.69) is 22.5 Å². The number of halogens is 1. The highest BCUT2D eigenvalue weighted by atomic mass is 35.5. The van der Waals surface area contributed by atoms with Crippen molar-refractivity contribution in [1.29, 1.82) is 0 Å². The Kier molecular flexibility index (Phi) is 7.33. The van der Waals surface area contributed by atoms with Gasteiger partial charge in [0.05, 0.1) is 11.1 Å². The Bertz CT molecular complexity index is 440. The second kappa shape index (κ2) is 8.76. The summed E-state index contributed by atoms with van der Waals surface area (Å²) in [5.74, 6) is 0.362. The highest BCUT2D eigenvalue weighted by Crippen LogP contribution is 2.16. The SMILES string of the molecule is CCCNc1ccc(Cl)c(C(=O)NCC(C)OCC)n1. The Hall–Kier alpha value is -1.33. The lowest BCUT2D eigenvalue weighted by molar-refractivity contribution is 0.0693. The van der Waals surface area contributed by atoms with Crippen LogP contribution in [0.4, 0.5) is 5.82 Å². The third-order valence-electron chi connectivity index (χ3n) is 2.62. The van der Waals surface area contributed by atoms with Gasteiger partial charge in [0.15, 0.2) is 0 Å². The molecule has 1 rings (SSSR count). The number of pyridine rings is 1. The van der Waals surface area contributed by atoms with Crippen LogP contribution in [0.15, 0.2) is 12.1 Å². The molecule has 112 valence electrons. The molecule has 6 heteroatoms. The van der Waals surface area contributed by atoms with Gasteiger partial charge in [-0.1, -0.05) is 18.5 Å². The molecule has 1 aromatic heterocycles. The molecule has 0 radical (unpaired) electrons. The largest absolute Gasteiger partial charge is 0.377 e. The van der Waals surface area contributed by atoms with Crippen molar-refractivity contribution in [2.75, 3.05) is 25.0 Å². The number of hydrogen-bond acceptors (Lipinski definition) is 4. The van der Waals surface area contributed by atoms with Crippen LogP contribution in [0.25, 0.3) is 0 Å². The van der Waals surface area contributed by atoms with Gasteiger partial charge in [-0.2, -0.15) is 0 Å². The van der Waals surface area contributed by atoms with Crippen LogP contribution in [-0.2, 0) is 4.74 Å². The van der Waals surface area contributed by atoms with E-state index in [1.54, 1.807) is 12.1 Å². The summed E-state index contributed by atoms with van der Waals surface area (Å²) in [6.07, 6.45) is 0.946. The first-order chi connectivity index (χ1) is 9.58. The second-order valence-corrected chi connectivity index (χ2v) is 4.84. The molecule has 1 heterocycles. The molecule has 1 unspecified atom stereocenters. The van der Waals surface area contributed by atoms with Crippen LogP contribution in [0, 0.1) is 0 Å². The van der Waals surface area contributed by atoms with Crippen LogP contribution in [0.5, 0.6) is 0 Å². The van der Waals surface area contributed by atoms with E-state index in [0.29, 0.717) is 24.0 Å². The molecule has 0 aromatic carbocycles. The highest BCUT2D eigenvalue weighted by molar-refractivity contribution is 6.33. The number of nitrogens with one attached hydrogen (secondary N) is 2. The smallest absolute Gasteiger partial charge is 0.271 e. The van der Waals surface area contributed by atoms with Crippen LogP contribution < -0.4 is 10.6 Å². The van der Waals surface area contributed by atoms with Crippen LogP contribution >= 0.6 is 11.6 Å². The molecule has 1 aromatic rings. The number of rotatable bonds is 8. The molecule has 2 N–H and O–H groups in total. The van der Waals surface area contributed by atoms with Crippen LogP contribution in [0.1, 0.15) is 37.7 Å². The minimum atomic E-state index is -0.290. The van der Waals surface area contributed by atoms with Gasteiger partial charge in [0.2, 0.25) is 0 Å². The maximum absolute atomic E-state index is 12.1. The minimum absolute atomic E-state index is 0.0378. The van der Waals surface area contributed by atoms with E-state index >= 15 is 0 Å². The first kappa shape index (κ1) is 16.7. The van der Waals surface area contributed by atoms with E-state index in [9.17, 15) is 4.79 Å². The average Bonchev–Trinajstić information content (AvgIpc) is 2.44. The van der Waals surface area contributed by atoms with E-state index in [-0.39, 0.29) is 17.7 Å². The lowest BCUT2D eigenvalue weighted by atomic mass is 10.3. The molecular formula is C14H22ClN3O2. The fourth-order valence-corrected chi connectivity index (χ4v) is 1.81. The van der Waals surface area contributed by atoms with Crippen molar-refractivity contribution >= 4 is 23.3 Å². The average molecular weight is 300 g/mol. The van der Waals surface area contributed by atoms with Gasteiger partial charge in [-0.3, -0.25) is 4.79 Å². The molecule has 0 aliphatic carbocycles. The van der Waals surface area contributed by atoms with Crippen molar-refractivity contribution < 1.29 is 9.53 Å². The Morgan fingerprint density at radius 3 is 2.85 bits per heavy atom. The van der Waals surface area contributed by atoms with Crippen LogP contribution in [0.3, 0.4) is 0 Å². The fourth-order valence-electron chi connectivity index (χ4n) is 1.62. The molecular weight excluding hydrogens is 278 g/mol. The first-order valence-corrected chi connectivity index (χ1v) is 7.26. The number of carbonyl (C=O) groups excluding carboxylic acids is 1. The predicted molar refractivity (Wildman–Crippen MR) is 81.4 cm³/mol. The molecule has 0 saturated carbocycles. The highest BCUT2D eigenvalue weighted by Gasteiger charge is 2.14. The van der Waals surface area contributed by atoms with Crippen molar-refractivity contribution in [2.45, 2.75) is 33.3 Å². The van der Waals surface area contributed by atoms with E-state index in [0.717, 1.165) is 13.0 Å². The van der Waals surface area contributed by atoms with Gasteiger partial charge in [0.1, 0.15) is 11.5 Å². The van der Waals surface area contributed by atoms with Gasteiger partial charge < -0.3 is 15.4 Å². The zero-order valence-electron chi connectivity index (χ0n) is 12.2. The molecule has 0 aliphatic rings. The summed E-state index contributed by atoms with van der Waals surface area (Å²) >= 11 is 6.02. The summed E-state index contributed by atoms with van der Waals surface area (Å²) in [6, 6.07) is 3.44. The molecule has 20 heavy (non-hydrogen) atoms. The summed E-state index contributed by atoms with van der Waals surface area (Å²) in [5.41, 5.74) is 0.233. The summed E-state index contributed by atoms with van der Waals surface area (Å²) < 4.78 is 5.35. The van der Waals surface area contributed by atoms with Crippen molar-refractivity contribution in [3.05, 3.63) is 22.8 Å². The molecule has 0 aliphatic heterocycles. The quantitative estimate of drug-likeness (QED) is 0.775. The van der Waals surface area contributed by atoms with E-state index in [1.807, 2.05) is 13.8 Å². The second-order valence-electron chi connectivity index (χ2n) is 4.43. The minimum Gasteiger partial charge on any atom is -0.377 e. The topological polar surface area (TPSA) is 63.2 Å². The normalized spacial score (nSPS) is 12.0. The van der Waals surface area contributed by atoms with Gasteiger partial charge in [-0.25, -0.2) is 4.98 Å². The number of amides is 1.